The first kappa shape index (κ1) is 18.1. The highest BCUT2D eigenvalue weighted by Crippen LogP contribution is 2.19. The van der Waals surface area contributed by atoms with Crippen molar-refractivity contribution < 1.29 is 18.8 Å². The van der Waals surface area contributed by atoms with Gasteiger partial charge in [0, 0.05) is 18.7 Å². The Morgan fingerprint density at radius 2 is 2.15 bits per heavy atom. The molecule has 8 heteroatoms. The first-order valence-electron chi connectivity index (χ1n) is 8.61. The lowest BCUT2D eigenvalue weighted by atomic mass is 10.1. The second-order valence-electron chi connectivity index (χ2n) is 6.12. The van der Waals surface area contributed by atoms with Crippen LogP contribution in [0.4, 0.5) is 0 Å². The van der Waals surface area contributed by atoms with Gasteiger partial charge in [0.15, 0.2) is 0 Å². The highest BCUT2D eigenvalue weighted by molar-refractivity contribution is 5.87. The summed E-state index contributed by atoms with van der Waals surface area (Å²) in [4.78, 5) is 30.0. The van der Waals surface area contributed by atoms with Crippen LogP contribution in [0.1, 0.15) is 24.8 Å². The molecule has 1 atom stereocenters. The summed E-state index contributed by atoms with van der Waals surface area (Å²) in [6.07, 6.45) is 0.957. The summed E-state index contributed by atoms with van der Waals surface area (Å²) in [6, 6.07) is 7.39. The molecule has 1 aliphatic rings. The molecule has 2 heterocycles. The van der Waals surface area contributed by atoms with Crippen molar-refractivity contribution in [3.63, 3.8) is 0 Å². The molecule has 3 rings (SSSR count). The van der Waals surface area contributed by atoms with Crippen molar-refractivity contribution in [1.29, 1.82) is 0 Å². The van der Waals surface area contributed by atoms with E-state index in [1.165, 1.54) is 12.7 Å². The maximum Gasteiger partial charge on any atom is 0.307 e. The molecule has 0 bridgehead atoms. The van der Waals surface area contributed by atoms with Crippen LogP contribution in [0.15, 0.2) is 28.8 Å². The van der Waals surface area contributed by atoms with E-state index in [4.69, 9.17) is 4.52 Å². The van der Waals surface area contributed by atoms with Gasteiger partial charge in [-0.3, -0.25) is 14.5 Å². The van der Waals surface area contributed by atoms with Crippen LogP contribution in [0.2, 0.25) is 0 Å². The molecule has 1 unspecified atom stereocenters. The first-order chi connectivity index (χ1) is 12.6. The van der Waals surface area contributed by atoms with Gasteiger partial charge in [-0.15, -0.1) is 0 Å². The number of nitrogens with zero attached hydrogens (tertiary/aromatic N) is 3. The average molecular weight is 358 g/mol. The van der Waals surface area contributed by atoms with Crippen molar-refractivity contribution in [3.05, 3.63) is 35.7 Å². The lowest BCUT2D eigenvalue weighted by Gasteiger charge is -2.33. The number of rotatable bonds is 6. The SMILES string of the molecule is CCc1ccc(-c2noc(CN3CCNC(=O)C3CC(=O)OC)n2)cc1. The Hall–Kier alpha value is -2.74. The van der Waals surface area contributed by atoms with E-state index in [0.29, 0.717) is 31.3 Å². The van der Waals surface area contributed by atoms with Crippen molar-refractivity contribution in [3.8, 4) is 11.4 Å². The van der Waals surface area contributed by atoms with Gasteiger partial charge in [-0.2, -0.15) is 4.98 Å². The number of nitrogens with one attached hydrogen (secondary N) is 1. The quantitative estimate of drug-likeness (QED) is 0.774. The number of carbonyl (C=O) groups excluding carboxylic acids is 2. The number of ether oxygens (including phenoxy) is 1. The van der Waals surface area contributed by atoms with Crippen molar-refractivity contribution in [2.75, 3.05) is 20.2 Å². The van der Waals surface area contributed by atoms with Gasteiger partial charge < -0.3 is 14.6 Å². The van der Waals surface area contributed by atoms with E-state index in [1.807, 2.05) is 29.2 Å². The molecule has 26 heavy (non-hydrogen) atoms. The van der Waals surface area contributed by atoms with E-state index in [-0.39, 0.29) is 12.3 Å². The van der Waals surface area contributed by atoms with Gasteiger partial charge in [0.1, 0.15) is 6.04 Å². The molecule has 1 fully saturated rings. The van der Waals surface area contributed by atoms with Crippen LogP contribution in [-0.4, -0.2) is 53.2 Å². The predicted octanol–water partition coefficient (Wildman–Crippen LogP) is 1.16. The smallest absolute Gasteiger partial charge is 0.307 e. The summed E-state index contributed by atoms with van der Waals surface area (Å²) in [6.45, 7) is 3.50. The highest BCUT2D eigenvalue weighted by Gasteiger charge is 2.33. The van der Waals surface area contributed by atoms with E-state index >= 15 is 0 Å². The number of piperazine rings is 1. The van der Waals surface area contributed by atoms with Crippen molar-refractivity contribution in [2.45, 2.75) is 32.4 Å². The van der Waals surface area contributed by atoms with E-state index in [9.17, 15) is 9.59 Å². The molecule has 2 aromatic rings. The molecule has 0 saturated carbocycles. The van der Waals surface area contributed by atoms with Gasteiger partial charge in [0.25, 0.3) is 0 Å². The van der Waals surface area contributed by atoms with Gasteiger partial charge in [0.2, 0.25) is 17.6 Å². The largest absolute Gasteiger partial charge is 0.469 e. The third-order valence-corrected chi connectivity index (χ3v) is 4.46. The summed E-state index contributed by atoms with van der Waals surface area (Å²) in [5.41, 5.74) is 2.11. The topological polar surface area (TPSA) is 97.6 Å². The van der Waals surface area contributed by atoms with Gasteiger partial charge in [-0.25, -0.2) is 0 Å². The Kier molecular flexibility index (Phi) is 5.62. The van der Waals surface area contributed by atoms with Gasteiger partial charge in [0.05, 0.1) is 20.1 Å². The van der Waals surface area contributed by atoms with E-state index in [0.717, 1.165) is 12.0 Å². The normalized spacial score (nSPS) is 17.8. The van der Waals surface area contributed by atoms with Crippen LogP contribution in [0.3, 0.4) is 0 Å². The number of hydrogen-bond acceptors (Lipinski definition) is 7. The minimum atomic E-state index is -0.601. The fourth-order valence-electron chi connectivity index (χ4n) is 2.91. The van der Waals surface area contributed by atoms with Crippen molar-refractivity contribution in [1.82, 2.24) is 20.4 Å². The number of aromatic nitrogens is 2. The summed E-state index contributed by atoms with van der Waals surface area (Å²) in [5.74, 6) is 0.286. The van der Waals surface area contributed by atoms with E-state index < -0.39 is 12.0 Å². The second-order valence-corrected chi connectivity index (χ2v) is 6.12. The first-order valence-corrected chi connectivity index (χ1v) is 8.61. The number of carbonyl (C=O) groups is 2. The van der Waals surface area contributed by atoms with Crippen LogP contribution in [0, 0.1) is 0 Å². The zero-order chi connectivity index (χ0) is 18.5. The average Bonchev–Trinajstić information content (AvgIpc) is 3.13. The van der Waals surface area contributed by atoms with Gasteiger partial charge >= 0.3 is 5.97 Å². The third kappa shape index (κ3) is 4.08. The maximum atomic E-state index is 12.1. The van der Waals surface area contributed by atoms with Crippen LogP contribution in [0.25, 0.3) is 11.4 Å². The number of methoxy groups -OCH3 is 1. The second kappa shape index (κ2) is 8.09. The summed E-state index contributed by atoms with van der Waals surface area (Å²) < 4.78 is 10.0. The molecule has 1 N–H and O–H groups in total. The van der Waals surface area contributed by atoms with Crippen LogP contribution in [-0.2, 0) is 27.3 Å². The maximum absolute atomic E-state index is 12.1. The van der Waals surface area contributed by atoms with Gasteiger partial charge in [-0.1, -0.05) is 36.3 Å². The summed E-state index contributed by atoms with van der Waals surface area (Å²) in [7, 11) is 1.31. The summed E-state index contributed by atoms with van der Waals surface area (Å²) in [5, 5.41) is 6.79. The summed E-state index contributed by atoms with van der Waals surface area (Å²) >= 11 is 0. The zero-order valence-corrected chi connectivity index (χ0v) is 14.9. The Morgan fingerprint density at radius 1 is 1.38 bits per heavy atom. The number of hydrogen-bond donors (Lipinski definition) is 1. The third-order valence-electron chi connectivity index (χ3n) is 4.46. The number of aryl methyl sites for hydroxylation is 1. The lowest BCUT2D eigenvalue weighted by molar-refractivity contribution is -0.146. The molecule has 1 saturated heterocycles. The van der Waals surface area contributed by atoms with Crippen LogP contribution < -0.4 is 5.32 Å². The number of esters is 1. The van der Waals surface area contributed by atoms with Crippen molar-refractivity contribution in [2.24, 2.45) is 0 Å². The molecule has 1 aromatic carbocycles. The predicted molar refractivity (Wildman–Crippen MR) is 93.0 cm³/mol. The number of amides is 1. The molecule has 0 radical (unpaired) electrons. The fraction of sp³-hybridized carbons (Fsp3) is 0.444. The lowest BCUT2D eigenvalue weighted by Crippen LogP contribution is -2.55. The fourth-order valence-corrected chi connectivity index (χ4v) is 2.91. The Morgan fingerprint density at radius 3 is 2.85 bits per heavy atom. The Bertz CT molecular complexity index is 772. The van der Waals surface area contributed by atoms with Gasteiger partial charge in [-0.05, 0) is 12.0 Å². The Labute approximate surface area is 151 Å². The molecule has 0 spiro atoms. The van der Waals surface area contributed by atoms with Crippen LogP contribution in [0.5, 0.6) is 0 Å². The molecule has 1 aromatic heterocycles. The molecule has 1 amide bonds. The molecule has 138 valence electrons. The monoisotopic (exact) mass is 358 g/mol. The highest BCUT2D eigenvalue weighted by atomic mass is 16.5. The van der Waals surface area contributed by atoms with Crippen molar-refractivity contribution >= 4 is 11.9 Å². The molecular formula is C18H22N4O4. The standard InChI is InChI=1S/C18H22N4O4/c1-3-12-4-6-13(7-5-12)17-20-15(26-21-17)11-22-9-8-19-18(24)14(22)10-16(23)25-2/h4-7,14H,3,8-11H2,1-2H3,(H,19,24). The number of benzene rings is 1. The van der Waals surface area contributed by atoms with Crippen LogP contribution >= 0.6 is 0 Å². The molecular weight excluding hydrogens is 336 g/mol. The molecule has 1 aliphatic heterocycles. The van der Waals surface area contributed by atoms with E-state index in [1.54, 1.807) is 0 Å². The van der Waals surface area contributed by atoms with E-state index in [2.05, 4.69) is 27.1 Å². The Balaban J connectivity index is 1.71. The molecule has 0 aliphatic carbocycles. The molecule has 8 nitrogen and oxygen atoms in total. The zero-order valence-electron chi connectivity index (χ0n) is 14.9. The minimum Gasteiger partial charge on any atom is -0.469 e. The minimum absolute atomic E-state index is 0.0121.